The molecule has 0 N–H and O–H groups in total. The van der Waals surface area contributed by atoms with E-state index in [0.717, 1.165) is 17.3 Å². The van der Waals surface area contributed by atoms with Crippen molar-refractivity contribution >= 4 is 34.8 Å². The summed E-state index contributed by atoms with van der Waals surface area (Å²) in [5.41, 5.74) is 1.72. The lowest BCUT2D eigenvalue weighted by Crippen LogP contribution is -2.07. The Morgan fingerprint density at radius 2 is 2.04 bits per heavy atom. The third-order valence-corrected chi connectivity index (χ3v) is 4.14. The van der Waals surface area contributed by atoms with Gasteiger partial charge in [0.25, 0.3) is 5.22 Å². The highest BCUT2D eigenvalue weighted by molar-refractivity contribution is 7.99. The summed E-state index contributed by atoms with van der Waals surface area (Å²) < 4.78 is 20.7. The highest BCUT2D eigenvalue weighted by Gasteiger charge is 2.16. The van der Waals surface area contributed by atoms with E-state index in [1.54, 1.807) is 6.92 Å². The van der Waals surface area contributed by atoms with E-state index in [1.807, 2.05) is 24.3 Å². The molecule has 3 aromatic rings. The number of nitrogens with zero attached hydrogens (tertiary/aromatic N) is 1. The standard InChI is InChI=1S/C17H15NO6S/c1-10-12(16(20)21-2)7-11(23-10)8-22-15(19)9-25-17-18-13-5-3-4-6-14(13)24-17/h3-7H,8-9H2,1-2H3. The van der Waals surface area contributed by atoms with Crippen LogP contribution in [0.2, 0.25) is 0 Å². The van der Waals surface area contributed by atoms with Gasteiger partial charge < -0.3 is 18.3 Å². The van der Waals surface area contributed by atoms with Gasteiger partial charge in [0.05, 0.1) is 7.11 Å². The van der Waals surface area contributed by atoms with Crippen molar-refractivity contribution < 1.29 is 27.9 Å². The number of fused-ring (bicyclic) bond motifs is 1. The summed E-state index contributed by atoms with van der Waals surface area (Å²) in [5, 5.41) is 0.403. The van der Waals surface area contributed by atoms with Crippen LogP contribution in [0.4, 0.5) is 0 Å². The number of rotatable bonds is 6. The molecule has 130 valence electrons. The first-order chi connectivity index (χ1) is 12.1. The van der Waals surface area contributed by atoms with E-state index < -0.39 is 11.9 Å². The van der Waals surface area contributed by atoms with Crippen LogP contribution in [0.15, 0.2) is 44.4 Å². The number of hydrogen-bond donors (Lipinski definition) is 0. The Bertz CT molecular complexity index is 880. The third kappa shape index (κ3) is 4.03. The Balaban J connectivity index is 1.52. The minimum Gasteiger partial charge on any atom is -0.465 e. The number of oxazole rings is 1. The average molecular weight is 361 g/mol. The second kappa shape index (κ2) is 7.43. The molecule has 0 aliphatic heterocycles. The van der Waals surface area contributed by atoms with Crippen molar-refractivity contribution in [3.8, 4) is 0 Å². The van der Waals surface area contributed by atoms with Gasteiger partial charge in [0.1, 0.15) is 35.0 Å². The minimum absolute atomic E-state index is 0.0520. The first-order valence-electron chi connectivity index (χ1n) is 7.38. The Kier molecular flexibility index (Phi) is 5.08. The summed E-state index contributed by atoms with van der Waals surface area (Å²) in [6.07, 6.45) is 0. The van der Waals surface area contributed by atoms with E-state index in [-0.39, 0.29) is 12.4 Å². The van der Waals surface area contributed by atoms with E-state index in [1.165, 1.54) is 13.2 Å². The second-order valence-electron chi connectivity index (χ2n) is 5.07. The predicted molar refractivity (Wildman–Crippen MR) is 89.3 cm³/mol. The number of carbonyl (C=O) groups excluding carboxylic acids is 2. The Hall–Kier alpha value is -2.74. The topological polar surface area (TPSA) is 91.8 Å². The summed E-state index contributed by atoms with van der Waals surface area (Å²) in [4.78, 5) is 27.6. The molecule has 0 aliphatic carbocycles. The van der Waals surface area contributed by atoms with Gasteiger partial charge in [0, 0.05) is 0 Å². The molecule has 0 radical (unpaired) electrons. The SMILES string of the molecule is COC(=O)c1cc(COC(=O)CSc2nc3ccccc3o2)oc1C. The van der Waals surface area contributed by atoms with Gasteiger partial charge in [-0.2, -0.15) is 0 Å². The quantitative estimate of drug-likeness (QED) is 0.487. The predicted octanol–water partition coefficient (Wildman–Crippen LogP) is 3.35. The highest BCUT2D eigenvalue weighted by atomic mass is 32.2. The lowest BCUT2D eigenvalue weighted by molar-refractivity contribution is -0.142. The minimum atomic E-state index is -0.495. The zero-order valence-electron chi connectivity index (χ0n) is 13.6. The van der Waals surface area contributed by atoms with Crippen LogP contribution in [0.25, 0.3) is 11.1 Å². The van der Waals surface area contributed by atoms with E-state index in [4.69, 9.17) is 13.6 Å². The number of hydrogen-bond acceptors (Lipinski definition) is 8. The second-order valence-corrected chi connectivity index (χ2v) is 6.00. The van der Waals surface area contributed by atoms with Crippen molar-refractivity contribution in [3.63, 3.8) is 0 Å². The summed E-state index contributed by atoms with van der Waals surface area (Å²) in [6.45, 7) is 1.57. The molecule has 0 saturated heterocycles. The van der Waals surface area contributed by atoms with Gasteiger partial charge in [-0.15, -0.1) is 0 Å². The van der Waals surface area contributed by atoms with Gasteiger partial charge in [-0.3, -0.25) is 4.79 Å². The first kappa shape index (κ1) is 17.1. The number of esters is 2. The number of ether oxygens (including phenoxy) is 2. The number of carbonyl (C=O) groups is 2. The van der Waals surface area contributed by atoms with E-state index >= 15 is 0 Å². The fourth-order valence-corrected chi connectivity index (χ4v) is 2.79. The number of thioether (sulfide) groups is 1. The van der Waals surface area contributed by atoms with E-state index in [9.17, 15) is 9.59 Å². The average Bonchev–Trinajstić information content (AvgIpc) is 3.20. The monoisotopic (exact) mass is 361 g/mol. The van der Waals surface area contributed by atoms with Crippen LogP contribution < -0.4 is 0 Å². The van der Waals surface area contributed by atoms with Crippen molar-refractivity contribution in [1.29, 1.82) is 0 Å². The molecule has 0 saturated carbocycles. The van der Waals surface area contributed by atoms with Crippen molar-refractivity contribution in [1.82, 2.24) is 4.98 Å². The van der Waals surface area contributed by atoms with Gasteiger partial charge in [-0.05, 0) is 25.1 Å². The van der Waals surface area contributed by atoms with Crippen LogP contribution in [0, 0.1) is 6.92 Å². The fourth-order valence-electron chi connectivity index (χ4n) is 2.15. The molecule has 0 atom stereocenters. The molecule has 2 heterocycles. The molecule has 0 amide bonds. The van der Waals surface area contributed by atoms with Crippen LogP contribution in [0.5, 0.6) is 0 Å². The van der Waals surface area contributed by atoms with Crippen molar-refractivity contribution in [2.75, 3.05) is 12.9 Å². The summed E-state index contributed by atoms with van der Waals surface area (Å²) in [5.74, 6) is -0.0979. The Morgan fingerprint density at radius 1 is 1.24 bits per heavy atom. The van der Waals surface area contributed by atoms with E-state index in [2.05, 4.69) is 9.72 Å². The lowest BCUT2D eigenvalue weighted by Gasteiger charge is -2.00. The molecule has 7 nitrogen and oxygen atoms in total. The molecule has 0 fully saturated rings. The van der Waals surface area contributed by atoms with E-state index in [0.29, 0.717) is 27.9 Å². The fraction of sp³-hybridized carbons (Fsp3) is 0.235. The van der Waals surface area contributed by atoms with Crippen molar-refractivity contribution in [2.24, 2.45) is 0 Å². The molecule has 0 unspecified atom stereocenters. The molecule has 3 rings (SSSR count). The molecule has 1 aromatic carbocycles. The van der Waals surface area contributed by atoms with Crippen LogP contribution in [-0.2, 0) is 20.9 Å². The van der Waals surface area contributed by atoms with Gasteiger partial charge in [-0.1, -0.05) is 23.9 Å². The normalized spacial score (nSPS) is 10.8. The molecule has 0 spiro atoms. The number of aromatic nitrogens is 1. The number of para-hydroxylation sites is 2. The summed E-state index contributed by atoms with van der Waals surface area (Å²) >= 11 is 1.15. The smallest absolute Gasteiger partial charge is 0.341 e. The molecule has 2 aromatic heterocycles. The van der Waals surface area contributed by atoms with Crippen molar-refractivity contribution in [3.05, 3.63) is 47.4 Å². The van der Waals surface area contributed by atoms with Crippen LogP contribution in [-0.4, -0.2) is 29.8 Å². The summed E-state index contributed by atoms with van der Waals surface area (Å²) in [7, 11) is 1.29. The first-order valence-corrected chi connectivity index (χ1v) is 8.37. The Labute approximate surface area is 147 Å². The number of benzene rings is 1. The number of furan rings is 1. The maximum absolute atomic E-state index is 11.8. The highest BCUT2D eigenvalue weighted by Crippen LogP contribution is 2.23. The third-order valence-electron chi connectivity index (χ3n) is 3.34. The van der Waals surface area contributed by atoms with Gasteiger partial charge in [0.2, 0.25) is 0 Å². The number of methoxy groups -OCH3 is 1. The van der Waals surface area contributed by atoms with Gasteiger partial charge in [0.15, 0.2) is 5.58 Å². The van der Waals surface area contributed by atoms with Crippen molar-refractivity contribution in [2.45, 2.75) is 18.8 Å². The van der Waals surface area contributed by atoms with Crippen LogP contribution in [0.1, 0.15) is 21.9 Å². The molecular weight excluding hydrogens is 346 g/mol. The zero-order valence-corrected chi connectivity index (χ0v) is 14.4. The van der Waals surface area contributed by atoms with Gasteiger partial charge in [-0.25, -0.2) is 9.78 Å². The van der Waals surface area contributed by atoms with Crippen LogP contribution in [0.3, 0.4) is 0 Å². The zero-order chi connectivity index (χ0) is 17.8. The largest absolute Gasteiger partial charge is 0.465 e. The lowest BCUT2D eigenvalue weighted by atomic mass is 10.2. The maximum Gasteiger partial charge on any atom is 0.341 e. The van der Waals surface area contributed by atoms with Gasteiger partial charge >= 0.3 is 11.9 Å². The molecule has 25 heavy (non-hydrogen) atoms. The molecular formula is C17H15NO6S. The molecule has 0 aliphatic rings. The number of aryl methyl sites for hydroxylation is 1. The summed E-state index contributed by atoms with van der Waals surface area (Å²) in [6, 6.07) is 8.86. The maximum atomic E-state index is 11.8. The Morgan fingerprint density at radius 3 is 2.80 bits per heavy atom. The molecule has 0 bridgehead atoms. The molecule has 8 heteroatoms. The van der Waals surface area contributed by atoms with Crippen LogP contribution >= 0.6 is 11.8 Å².